The van der Waals surface area contributed by atoms with Gasteiger partial charge in [0, 0.05) is 12.4 Å². The molecule has 4 rings (SSSR count). The molecule has 3 heteroatoms. The Morgan fingerprint density at radius 2 is 1.23 bits per heavy atom. The zero-order chi connectivity index (χ0) is 15.3. The molecule has 0 unspecified atom stereocenters. The smallest absolute Gasteiger partial charge is 0.180 e. The van der Waals surface area contributed by atoms with Crippen molar-refractivity contribution in [3.63, 3.8) is 0 Å². The summed E-state index contributed by atoms with van der Waals surface area (Å²) in [4.78, 5) is 6.42. The molecule has 4 aromatic rings. The average Bonchev–Trinajstić information content (AvgIpc) is 3.34. The molecule has 0 saturated heterocycles. The van der Waals surface area contributed by atoms with E-state index < -0.39 is 0 Å². The SMILES string of the molecule is c1cc[nH]c1.c1ccc(-c2ccccc2)cc1.c1cocn1. The van der Waals surface area contributed by atoms with E-state index in [2.05, 4.69) is 62.9 Å². The van der Waals surface area contributed by atoms with Crippen molar-refractivity contribution < 1.29 is 4.42 Å². The van der Waals surface area contributed by atoms with Gasteiger partial charge in [-0.25, -0.2) is 4.98 Å². The Hall–Kier alpha value is -3.07. The lowest BCUT2D eigenvalue weighted by Crippen LogP contribution is -1.73. The van der Waals surface area contributed by atoms with Crippen LogP contribution in [-0.2, 0) is 0 Å². The van der Waals surface area contributed by atoms with Crippen LogP contribution in [-0.4, -0.2) is 9.97 Å². The van der Waals surface area contributed by atoms with Crippen LogP contribution < -0.4 is 0 Å². The van der Waals surface area contributed by atoms with Crippen LogP contribution in [0.3, 0.4) is 0 Å². The van der Waals surface area contributed by atoms with Gasteiger partial charge in [0.05, 0.1) is 6.20 Å². The first kappa shape index (κ1) is 15.3. The van der Waals surface area contributed by atoms with Gasteiger partial charge in [0.2, 0.25) is 0 Å². The lowest BCUT2D eigenvalue weighted by atomic mass is 10.1. The van der Waals surface area contributed by atoms with Crippen LogP contribution in [0.4, 0.5) is 0 Å². The minimum Gasteiger partial charge on any atom is -0.452 e. The number of rotatable bonds is 1. The average molecular weight is 290 g/mol. The maximum Gasteiger partial charge on any atom is 0.180 e. The fourth-order valence-electron chi connectivity index (χ4n) is 1.71. The molecule has 3 nitrogen and oxygen atoms in total. The molecule has 0 bridgehead atoms. The van der Waals surface area contributed by atoms with E-state index in [1.807, 2.05) is 36.7 Å². The van der Waals surface area contributed by atoms with Gasteiger partial charge in [0.25, 0.3) is 0 Å². The molecule has 0 fully saturated rings. The molecule has 0 spiro atoms. The van der Waals surface area contributed by atoms with Crippen molar-refractivity contribution in [2.45, 2.75) is 0 Å². The van der Waals surface area contributed by atoms with Gasteiger partial charge in [-0.2, -0.15) is 0 Å². The summed E-state index contributed by atoms with van der Waals surface area (Å²) < 4.78 is 4.47. The van der Waals surface area contributed by atoms with Gasteiger partial charge < -0.3 is 9.40 Å². The van der Waals surface area contributed by atoms with Crippen molar-refractivity contribution in [2.24, 2.45) is 0 Å². The number of hydrogen-bond acceptors (Lipinski definition) is 2. The quantitative estimate of drug-likeness (QED) is 0.533. The molecular formula is C19H18N2O. The monoisotopic (exact) mass is 290 g/mol. The van der Waals surface area contributed by atoms with Crippen LogP contribution in [0.5, 0.6) is 0 Å². The second-order valence-electron chi connectivity index (χ2n) is 4.29. The molecule has 0 atom stereocenters. The highest BCUT2D eigenvalue weighted by molar-refractivity contribution is 5.62. The normalized spacial score (nSPS) is 8.91. The zero-order valence-electron chi connectivity index (χ0n) is 12.2. The Labute approximate surface area is 130 Å². The molecule has 0 aliphatic carbocycles. The summed E-state index contributed by atoms with van der Waals surface area (Å²) >= 11 is 0. The van der Waals surface area contributed by atoms with E-state index >= 15 is 0 Å². The number of hydrogen-bond donors (Lipinski definition) is 1. The van der Waals surface area contributed by atoms with Gasteiger partial charge in [-0.3, -0.25) is 0 Å². The summed E-state index contributed by atoms with van der Waals surface area (Å²) in [5.41, 5.74) is 2.55. The van der Waals surface area contributed by atoms with Gasteiger partial charge >= 0.3 is 0 Å². The van der Waals surface area contributed by atoms with E-state index in [0.717, 1.165) is 0 Å². The first-order chi connectivity index (χ1) is 11.0. The van der Waals surface area contributed by atoms with E-state index in [1.165, 1.54) is 23.8 Å². The van der Waals surface area contributed by atoms with Crippen molar-refractivity contribution >= 4 is 0 Å². The highest BCUT2D eigenvalue weighted by atomic mass is 16.3. The van der Waals surface area contributed by atoms with E-state index in [9.17, 15) is 0 Å². The van der Waals surface area contributed by atoms with Crippen molar-refractivity contribution in [1.29, 1.82) is 0 Å². The first-order valence-electron chi connectivity index (χ1n) is 6.97. The number of aromatic nitrogens is 2. The number of aromatic amines is 1. The maximum absolute atomic E-state index is 4.47. The van der Waals surface area contributed by atoms with E-state index in [4.69, 9.17) is 0 Å². The van der Waals surface area contributed by atoms with Gasteiger partial charge in [-0.15, -0.1) is 0 Å². The molecule has 2 aromatic carbocycles. The summed E-state index contributed by atoms with van der Waals surface area (Å²) in [5.74, 6) is 0. The minimum absolute atomic E-state index is 1.28. The minimum atomic E-state index is 1.28. The summed E-state index contributed by atoms with van der Waals surface area (Å²) in [6, 6.07) is 24.7. The molecule has 0 radical (unpaired) electrons. The number of nitrogens with zero attached hydrogens (tertiary/aromatic N) is 1. The molecule has 0 amide bonds. The Bertz CT molecular complexity index is 577. The largest absolute Gasteiger partial charge is 0.452 e. The van der Waals surface area contributed by atoms with Crippen LogP contribution in [0.2, 0.25) is 0 Å². The van der Waals surface area contributed by atoms with Crippen LogP contribution in [0, 0.1) is 0 Å². The molecule has 0 aliphatic heterocycles. The predicted molar refractivity (Wildman–Crippen MR) is 89.2 cm³/mol. The second kappa shape index (κ2) is 9.77. The fraction of sp³-hybridized carbons (Fsp3) is 0. The van der Waals surface area contributed by atoms with Gasteiger partial charge in [0.15, 0.2) is 6.39 Å². The Balaban J connectivity index is 0.000000145. The molecule has 2 heterocycles. The van der Waals surface area contributed by atoms with Crippen molar-refractivity contribution in [3.05, 3.63) is 104 Å². The molecule has 0 saturated carbocycles. The number of benzene rings is 2. The maximum atomic E-state index is 4.47. The van der Waals surface area contributed by atoms with E-state index in [0.29, 0.717) is 0 Å². The lowest BCUT2D eigenvalue weighted by Gasteiger charge is -1.98. The van der Waals surface area contributed by atoms with E-state index in [1.54, 1.807) is 6.20 Å². The van der Waals surface area contributed by atoms with Crippen molar-refractivity contribution in [3.8, 4) is 11.1 Å². The molecule has 1 N–H and O–H groups in total. The topological polar surface area (TPSA) is 41.8 Å². The lowest BCUT2D eigenvalue weighted by molar-refractivity contribution is 0.558. The third-order valence-electron chi connectivity index (χ3n) is 2.72. The molecule has 2 aromatic heterocycles. The number of nitrogens with one attached hydrogen (secondary N) is 1. The fourth-order valence-corrected chi connectivity index (χ4v) is 1.71. The predicted octanol–water partition coefficient (Wildman–Crippen LogP) is 5.04. The molecule has 22 heavy (non-hydrogen) atoms. The van der Waals surface area contributed by atoms with Crippen molar-refractivity contribution in [1.82, 2.24) is 9.97 Å². The third-order valence-corrected chi connectivity index (χ3v) is 2.72. The van der Waals surface area contributed by atoms with Crippen LogP contribution in [0.25, 0.3) is 11.1 Å². The standard InChI is InChI=1S/C12H10.C4H5N.C3H3NO/c1-3-7-11(8-4-1)12-9-5-2-6-10-12;1-2-4-5-3-1;1-2-5-3-4-1/h1-10H;1-5H;1-3H. The second-order valence-corrected chi connectivity index (χ2v) is 4.29. The van der Waals surface area contributed by atoms with Gasteiger partial charge in [0.1, 0.15) is 6.26 Å². The van der Waals surface area contributed by atoms with Crippen LogP contribution in [0.1, 0.15) is 0 Å². The number of oxazole rings is 1. The summed E-state index contributed by atoms with van der Waals surface area (Å²) in [7, 11) is 0. The van der Waals surface area contributed by atoms with Crippen LogP contribution in [0.15, 0.2) is 108 Å². The number of H-pyrrole nitrogens is 1. The molecule has 0 aliphatic rings. The van der Waals surface area contributed by atoms with Crippen LogP contribution >= 0.6 is 0 Å². The third kappa shape index (κ3) is 5.92. The molecule has 110 valence electrons. The highest BCUT2D eigenvalue weighted by Gasteiger charge is 1.91. The Kier molecular flexibility index (Phi) is 6.81. The first-order valence-corrected chi connectivity index (χ1v) is 6.97. The van der Waals surface area contributed by atoms with Crippen molar-refractivity contribution in [2.75, 3.05) is 0 Å². The molecular weight excluding hydrogens is 272 g/mol. The summed E-state index contributed by atoms with van der Waals surface area (Å²) in [6.45, 7) is 0. The summed E-state index contributed by atoms with van der Waals surface area (Å²) in [6.07, 6.45) is 8.22. The highest BCUT2D eigenvalue weighted by Crippen LogP contribution is 2.17. The zero-order valence-corrected chi connectivity index (χ0v) is 12.2. The van der Waals surface area contributed by atoms with E-state index in [-0.39, 0.29) is 0 Å². The van der Waals surface area contributed by atoms with Gasteiger partial charge in [-0.05, 0) is 23.3 Å². The Morgan fingerprint density at radius 1 is 0.682 bits per heavy atom. The summed E-state index contributed by atoms with van der Waals surface area (Å²) in [5, 5.41) is 0. The Morgan fingerprint density at radius 3 is 1.50 bits per heavy atom. The van der Waals surface area contributed by atoms with Gasteiger partial charge in [-0.1, -0.05) is 60.7 Å².